The summed E-state index contributed by atoms with van der Waals surface area (Å²) in [5.41, 5.74) is 6.47. The lowest BCUT2D eigenvalue weighted by atomic mass is 9.91. The van der Waals surface area contributed by atoms with E-state index in [0.717, 1.165) is 25.7 Å². The molecule has 0 spiro atoms. The molecule has 0 aromatic carbocycles. The topological polar surface area (TPSA) is 127 Å². The quantitative estimate of drug-likeness (QED) is 0.648. The second kappa shape index (κ2) is 7.12. The standard InChI is InChI=1S/C17H21N7O2/c18-10-5-1-2-6-11(10)21-17-23-14(22-12-7-3-4-8-19-12)13-15(25)20-9-26-16(13)24-17/h3-4,7-8,10-11H,1-2,5-6,9,18H2,(H,20,25)(H2,19,21,22,23,24)/t10-,11+/m0/s1. The highest BCUT2D eigenvalue weighted by Crippen LogP contribution is 2.30. The van der Waals surface area contributed by atoms with Crippen molar-refractivity contribution in [3.8, 4) is 5.88 Å². The number of amides is 1. The van der Waals surface area contributed by atoms with Gasteiger partial charge in [0.2, 0.25) is 11.8 Å². The Hall–Kier alpha value is -2.94. The second-order valence-electron chi connectivity index (χ2n) is 6.41. The molecule has 1 saturated carbocycles. The van der Waals surface area contributed by atoms with Crippen molar-refractivity contribution in [3.63, 3.8) is 0 Å². The van der Waals surface area contributed by atoms with Crippen LogP contribution in [0.1, 0.15) is 36.0 Å². The van der Waals surface area contributed by atoms with E-state index in [1.165, 1.54) is 0 Å². The highest BCUT2D eigenvalue weighted by atomic mass is 16.5. The highest BCUT2D eigenvalue weighted by molar-refractivity contribution is 6.02. The number of pyridine rings is 1. The van der Waals surface area contributed by atoms with Crippen LogP contribution in [-0.4, -0.2) is 39.7 Å². The zero-order valence-corrected chi connectivity index (χ0v) is 14.2. The van der Waals surface area contributed by atoms with E-state index < -0.39 is 0 Å². The Morgan fingerprint density at radius 3 is 2.92 bits per heavy atom. The second-order valence-corrected chi connectivity index (χ2v) is 6.41. The van der Waals surface area contributed by atoms with Crippen molar-refractivity contribution in [2.45, 2.75) is 37.8 Å². The zero-order chi connectivity index (χ0) is 17.9. The molecule has 2 atom stereocenters. The van der Waals surface area contributed by atoms with Crippen LogP contribution in [0.4, 0.5) is 17.6 Å². The van der Waals surface area contributed by atoms with Crippen LogP contribution >= 0.6 is 0 Å². The van der Waals surface area contributed by atoms with Gasteiger partial charge in [0.15, 0.2) is 12.5 Å². The molecule has 26 heavy (non-hydrogen) atoms. The average Bonchev–Trinajstić information content (AvgIpc) is 2.64. The number of nitrogens with zero attached hydrogens (tertiary/aromatic N) is 3. The van der Waals surface area contributed by atoms with Crippen LogP contribution < -0.4 is 26.4 Å². The van der Waals surface area contributed by atoms with Gasteiger partial charge in [-0.15, -0.1) is 0 Å². The van der Waals surface area contributed by atoms with Gasteiger partial charge in [0.05, 0.1) is 0 Å². The minimum Gasteiger partial charge on any atom is -0.456 e. The number of nitrogens with two attached hydrogens (primary N) is 1. The first-order valence-electron chi connectivity index (χ1n) is 8.74. The summed E-state index contributed by atoms with van der Waals surface area (Å²) in [5.74, 6) is 1.27. The molecule has 0 bridgehead atoms. The van der Waals surface area contributed by atoms with Crippen molar-refractivity contribution in [2.75, 3.05) is 17.4 Å². The van der Waals surface area contributed by atoms with Gasteiger partial charge in [0.1, 0.15) is 11.4 Å². The molecule has 2 aliphatic rings. The van der Waals surface area contributed by atoms with Crippen molar-refractivity contribution in [1.29, 1.82) is 0 Å². The van der Waals surface area contributed by atoms with E-state index in [1.54, 1.807) is 12.3 Å². The summed E-state index contributed by atoms with van der Waals surface area (Å²) in [6.45, 7) is 0.0776. The van der Waals surface area contributed by atoms with E-state index in [-0.39, 0.29) is 36.2 Å². The van der Waals surface area contributed by atoms with Crippen LogP contribution in [-0.2, 0) is 0 Å². The molecule has 1 fully saturated rings. The molecule has 3 heterocycles. The van der Waals surface area contributed by atoms with Gasteiger partial charge in [0, 0.05) is 18.3 Å². The zero-order valence-electron chi connectivity index (χ0n) is 14.2. The summed E-state index contributed by atoms with van der Waals surface area (Å²) in [6, 6.07) is 5.61. The molecule has 0 radical (unpaired) electrons. The van der Waals surface area contributed by atoms with Crippen molar-refractivity contribution in [2.24, 2.45) is 5.73 Å². The molecule has 5 N–H and O–H groups in total. The smallest absolute Gasteiger partial charge is 0.263 e. The molecule has 1 aliphatic heterocycles. The monoisotopic (exact) mass is 355 g/mol. The third-order valence-corrected chi connectivity index (χ3v) is 4.59. The lowest BCUT2D eigenvalue weighted by molar-refractivity contribution is 0.0879. The minimum absolute atomic E-state index is 0.0554. The minimum atomic E-state index is -0.286. The lowest BCUT2D eigenvalue weighted by Crippen LogP contribution is -2.43. The number of ether oxygens (including phenoxy) is 1. The predicted octanol–water partition coefficient (Wildman–Crippen LogP) is 1.38. The van der Waals surface area contributed by atoms with Crippen LogP contribution in [0, 0.1) is 0 Å². The normalized spacial score (nSPS) is 22.0. The van der Waals surface area contributed by atoms with Gasteiger partial charge >= 0.3 is 0 Å². The van der Waals surface area contributed by atoms with Crippen molar-refractivity contribution in [3.05, 3.63) is 30.0 Å². The van der Waals surface area contributed by atoms with Gasteiger partial charge < -0.3 is 26.4 Å². The van der Waals surface area contributed by atoms with E-state index in [0.29, 0.717) is 17.6 Å². The van der Waals surface area contributed by atoms with Crippen LogP contribution in [0.25, 0.3) is 0 Å². The molecule has 0 saturated heterocycles. The molecule has 2 aromatic heterocycles. The van der Waals surface area contributed by atoms with Crippen molar-refractivity contribution < 1.29 is 9.53 Å². The van der Waals surface area contributed by atoms with E-state index in [2.05, 4.69) is 30.9 Å². The van der Waals surface area contributed by atoms with Crippen LogP contribution in [0.3, 0.4) is 0 Å². The van der Waals surface area contributed by atoms with Crippen LogP contribution in [0.2, 0.25) is 0 Å². The molecule has 9 heteroatoms. The summed E-state index contributed by atoms with van der Waals surface area (Å²) in [6.07, 6.45) is 5.85. The fraction of sp³-hybridized carbons (Fsp3) is 0.412. The summed E-state index contributed by atoms with van der Waals surface area (Å²) >= 11 is 0. The number of nitrogens with one attached hydrogen (secondary N) is 3. The average molecular weight is 355 g/mol. The van der Waals surface area contributed by atoms with E-state index in [4.69, 9.17) is 10.5 Å². The van der Waals surface area contributed by atoms with Crippen molar-refractivity contribution >= 4 is 23.5 Å². The lowest BCUT2D eigenvalue weighted by Gasteiger charge is -2.29. The first kappa shape index (κ1) is 16.5. The summed E-state index contributed by atoms with van der Waals surface area (Å²) in [4.78, 5) is 25.4. The number of fused-ring (bicyclic) bond motifs is 1. The van der Waals surface area contributed by atoms with Crippen molar-refractivity contribution in [1.82, 2.24) is 20.3 Å². The van der Waals surface area contributed by atoms with Gasteiger partial charge in [-0.2, -0.15) is 9.97 Å². The summed E-state index contributed by atoms with van der Waals surface area (Å²) in [7, 11) is 0. The first-order chi connectivity index (χ1) is 12.7. The Morgan fingerprint density at radius 1 is 1.23 bits per heavy atom. The number of carbonyl (C=O) groups is 1. The maximum atomic E-state index is 12.3. The number of rotatable bonds is 4. The maximum absolute atomic E-state index is 12.3. The molecule has 9 nitrogen and oxygen atoms in total. The number of anilines is 3. The molecule has 4 rings (SSSR count). The van der Waals surface area contributed by atoms with Gasteiger partial charge in [0.25, 0.3) is 5.91 Å². The van der Waals surface area contributed by atoms with Gasteiger partial charge in [-0.05, 0) is 25.0 Å². The molecule has 136 valence electrons. The fourth-order valence-electron chi connectivity index (χ4n) is 3.23. The molecular formula is C17H21N7O2. The Kier molecular flexibility index (Phi) is 4.53. The van der Waals surface area contributed by atoms with Gasteiger partial charge in [-0.25, -0.2) is 4.98 Å². The Balaban J connectivity index is 1.67. The molecule has 1 aliphatic carbocycles. The van der Waals surface area contributed by atoms with E-state index in [9.17, 15) is 4.79 Å². The van der Waals surface area contributed by atoms with Crippen LogP contribution in [0.5, 0.6) is 5.88 Å². The Bertz CT molecular complexity index is 799. The summed E-state index contributed by atoms with van der Waals surface area (Å²) < 4.78 is 5.51. The molecule has 0 unspecified atom stereocenters. The van der Waals surface area contributed by atoms with E-state index in [1.807, 2.05) is 12.1 Å². The number of hydrogen-bond acceptors (Lipinski definition) is 8. The molecular weight excluding hydrogens is 334 g/mol. The van der Waals surface area contributed by atoms with E-state index >= 15 is 0 Å². The number of hydrogen-bond donors (Lipinski definition) is 4. The Morgan fingerprint density at radius 2 is 2.12 bits per heavy atom. The fourth-order valence-corrected chi connectivity index (χ4v) is 3.23. The predicted molar refractivity (Wildman–Crippen MR) is 96.4 cm³/mol. The summed E-state index contributed by atoms with van der Waals surface area (Å²) in [5, 5.41) is 9.01. The number of aromatic nitrogens is 3. The van der Waals surface area contributed by atoms with Gasteiger partial charge in [-0.1, -0.05) is 18.9 Å². The third kappa shape index (κ3) is 3.38. The van der Waals surface area contributed by atoms with Crippen LogP contribution in [0.15, 0.2) is 24.4 Å². The SMILES string of the molecule is N[C@H]1CCCC[C@H]1Nc1nc(Nc2ccccn2)c2c(n1)OCNC2=O. The maximum Gasteiger partial charge on any atom is 0.263 e. The Labute approximate surface area is 150 Å². The first-order valence-corrected chi connectivity index (χ1v) is 8.74. The largest absolute Gasteiger partial charge is 0.456 e. The molecule has 1 amide bonds. The number of carbonyl (C=O) groups excluding carboxylic acids is 1. The third-order valence-electron chi connectivity index (χ3n) is 4.59. The molecule has 2 aromatic rings. The van der Waals surface area contributed by atoms with Gasteiger partial charge in [-0.3, -0.25) is 4.79 Å². The highest BCUT2D eigenvalue weighted by Gasteiger charge is 2.28.